The maximum Gasteiger partial charge on any atom is 0.194 e. The molecule has 1 aliphatic carbocycles. The maximum absolute atomic E-state index is 12.0. The molecule has 1 aromatic carbocycles. The second kappa shape index (κ2) is 5.53. The zero-order chi connectivity index (χ0) is 19.4. The van der Waals surface area contributed by atoms with E-state index >= 15 is 0 Å². The molecule has 4 saturated heterocycles. The summed E-state index contributed by atoms with van der Waals surface area (Å²) in [7, 11) is 2.24. The van der Waals surface area contributed by atoms with E-state index in [1.807, 2.05) is 0 Å². The fourth-order valence-electron chi connectivity index (χ4n) is 9.27. The highest BCUT2D eigenvalue weighted by Gasteiger charge is 2.82. The average Bonchev–Trinajstić information content (AvgIpc) is 3.09. The number of hydrogen-bond acceptors (Lipinski definition) is 3. The summed E-state index contributed by atoms with van der Waals surface area (Å²) in [4.78, 5) is 2.49. The van der Waals surface area contributed by atoms with Gasteiger partial charge in [0.25, 0.3) is 0 Å². The molecule has 152 valence electrons. The van der Waals surface area contributed by atoms with Crippen molar-refractivity contribution in [2.45, 2.75) is 81.8 Å². The van der Waals surface area contributed by atoms with Gasteiger partial charge in [0.1, 0.15) is 6.04 Å². The molecule has 4 heteroatoms. The highest BCUT2D eigenvalue weighted by Crippen LogP contribution is 2.71. The van der Waals surface area contributed by atoms with E-state index in [4.69, 9.17) is 0 Å². The van der Waals surface area contributed by atoms with Gasteiger partial charge < -0.3 is 15.1 Å². The summed E-state index contributed by atoms with van der Waals surface area (Å²) < 4.78 is 0.884. The summed E-state index contributed by atoms with van der Waals surface area (Å²) in [5.74, 6) is 1.18. The molecule has 0 amide bonds. The maximum atomic E-state index is 12.0. The molecule has 1 saturated carbocycles. The van der Waals surface area contributed by atoms with Gasteiger partial charge in [0.15, 0.2) is 6.23 Å². The quantitative estimate of drug-likeness (QED) is 0.786. The first kappa shape index (κ1) is 17.7. The lowest BCUT2D eigenvalue weighted by molar-refractivity contribution is -1.04. The monoisotopic (exact) mass is 383 g/mol. The van der Waals surface area contributed by atoms with Gasteiger partial charge in [-0.05, 0) is 30.4 Å². The minimum atomic E-state index is -0.272. The zero-order valence-electron chi connectivity index (χ0n) is 17.5. The second-order valence-electron chi connectivity index (χ2n) is 10.4. The van der Waals surface area contributed by atoms with Crippen LogP contribution in [-0.4, -0.2) is 58.7 Å². The fourth-order valence-corrected chi connectivity index (χ4v) is 9.27. The van der Waals surface area contributed by atoms with Crippen LogP contribution in [-0.2, 0) is 5.41 Å². The molecule has 5 aliphatic heterocycles. The van der Waals surface area contributed by atoms with Crippen molar-refractivity contribution in [3.05, 3.63) is 29.8 Å². The predicted octanol–water partition coefficient (Wildman–Crippen LogP) is 2.87. The third-order valence-corrected chi connectivity index (χ3v) is 10.0. The van der Waals surface area contributed by atoms with Crippen molar-refractivity contribution in [3.8, 4) is 0 Å². The highest BCUT2D eigenvalue weighted by molar-refractivity contribution is 5.66. The van der Waals surface area contributed by atoms with Crippen LogP contribution in [0, 0.1) is 17.8 Å². The topological polar surface area (TPSA) is 43.7 Å². The molecule has 7 rings (SSSR count). The molecule has 4 nitrogen and oxygen atoms in total. The Labute approximate surface area is 168 Å². The number of rotatable bonds is 4. The Kier molecular flexibility index (Phi) is 3.50. The van der Waals surface area contributed by atoms with Crippen molar-refractivity contribution in [1.29, 1.82) is 0 Å². The van der Waals surface area contributed by atoms with E-state index in [9.17, 15) is 10.2 Å². The van der Waals surface area contributed by atoms with Crippen molar-refractivity contribution < 1.29 is 14.7 Å². The lowest BCUT2D eigenvalue weighted by atomic mass is 9.60. The lowest BCUT2D eigenvalue weighted by Crippen LogP contribution is -2.83. The van der Waals surface area contributed by atoms with Gasteiger partial charge in [-0.15, -0.1) is 0 Å². The van der Waals surface area contributed by atoms with Crippen molar-refractivity contribution >= 4 is 5.69 Å². The van der Waals surface area contributed by atoms with Crippen LogP contribution in [0.5, 0.6) is 0 Å². The molecule has 5 fully saturated rings. The Hall–Kier alpha value is -1.10. The van der Waals surface area contributed by atoms with Crippen molar-refractivity contribution in [1.82, 2.24) is 0 Å². The minimum absolute atomic E-state index is 0.129. The summed E-state index contributed by atoms with van der Waals surface area (Å²) in [5.41, 5.74) is 2.56. The molecule has 0 radical (unpaired) electrons. The molecular formula is C24H35N2O2+. The summed E-state index contributed by atoms with van der Waals surface area (Å²) in [6.45, 7) is 5.59. The van der Waals surface area contributed by atoms with Crippen LogP contribution in [0.4, 0.5) is 5.69 Å². The van der Waals surface area contributed by atoms with Gasteiger partial charge in [0.05, 0.1) is 30.1 Å². The number of quaternary nitrogens is 1. The van der Waals surface area contributed by atoms with E-state index in [2.05, 4.69) is 50.1 Å². The predicted molar refractivity (Wildman–Crippen MR) is 110 cm³/mol. The third-order valence-electron chi connectivity index (χ3n) is 10.0. The van der Waals surface area contributed by atoms with Crippen molar-refractivity contribution in [3.63, 3.8) is 0 Å². The molecule has 6 aliphatic rings. The number of hydrogen-bond donors (Lipinski definition) is 2. The first-order valence-electron chi connectivity index (χ1n) is 11.6. The fraction of sp³-hybridized carbons (Fsp3) is 0.750. The van der Waals surface area contributed by atoms with Crippen molar-refractivity contribution in [2.75, 3.05) is 18.5 Å². The highest BCUT2D eigenvalue weighted by atomic mass is 16.3. The van der Waals surface area contributed by atoms with Crippen LogP contribution in [0.2, 0.25) is 0 Å². The second-order valence-corrected chi connectivity index (χ2v) is 10.4. The summed E-state index contributed by atoms with van der Waals surface area (Å²) >= 11 is 0. The number of fused-ring (bicyclic) bond motifs is 2. The van der Waals surface area contributed by atoms with Crippen molar-refractivity contribution in [2.24, 2.45) is 17.8 Å². The molecule has 1 aromatic rings. The van der Waals surface area contributed by atoms with Crippen LogP contribution < -0.4 is 4.90 Å². The Balaban J connectivity index is 1.59. The van der Waals surface area contributed by atoms with Crippen LogP contribution in [0.3, 0.4) is 0 Å². The Morgan fingerprint density at radius 1 is 1.18 bits per heavy atom. The molecule has 0 aromatic heterocycles. The van der Waals surface area contributed by atoms with Gasteiger partial charge in [-0.3, -0.25) is 4.48 Å². The largest absolute Gasteiger partial charge is 0.392 e. The Bertz CT molecular complexity index is 814. The van der Waals surface area contributed by atoms with Crippen LogP contribution in [0.25, 0.3) is 0 Å². The summed E-state index contributed by atoms with van der Waals surface area (Å²) in [6, 6.07) is 10.00. The number of benzene rings is 1. The number of likely N-dealkylation sites (N-methyl/N-ethyl adjacent to an activating group) is 1. The minimum Gasteiger partial charge on any atom is -0.392 e. The normalized spacial score (nSPS) is 52.2. The number of para-hydroxylation sites is 1. The van der Waals surface area contributed by atoms with E-state index in [1.165, 1.54) is 30.5 Å². The number of anilines is 1. The number of aliphatic hydroxyl groups is 2. The van der Waals surface area contributed by atoms with Gasteiger partial charge in [0, 0.05) is 37.4 Å². The molecule has 0 unspecified atom stereocenters. The first-order chi connectivity index (χ1) is 13.5. The third kappa shape index (κ3) is 1.61. The van der Waals surface area contributed by atoms with Crippen LogP contribution in [0.1, 0.15) is 51.5 Å². The number of piperidine rings is 4. The molecule has 1 spiro atoms. The summed E-state index contributed by atoms with van der Waals surface area (Å²) in [6.07, 6.45) is 5.09. The van der Waals surface area contributed by atoms with Gasteiger partial charge in [-0.1, -0.05) is 38.5 Å². The molecule has 28 heavy (non-hydrogen) atoms. The first-order valence-corrected chi connectivity index (χ1v) is 11.6. The number of nitrogens with zero attached hydrogens (tertiary/aromatic N) is 2. The average molecular weight is 384 g/mol. The van der Waals surface area contributed by atoms with E-state index in [1.54, 1.807) is 0 Å². The molecule has 10 atom stereocenters. The Morgan fingerprint density at radius 2 is 1.96 bits per heavy atom. The van der Waals surface area contributed by atoms with E-state index in [0.717, 1.165) is 23.9 Å². The lowest BCUT2D eigenvalue weighted by Gasteiger charge is -2.68. The molecule has 5 heterocycles. The summed E-state index contributed by atoms with van der Waals surface area (Å²) in [5, 5.41) is 23.7. The standard InChI is InChI=1S/C24H35N2O2/c1-4-6-11-26-18-12-15(14(5-2)23(26)28)20-19(26)13-24(22(20)27)16-9-7-8-10-17(16)25(3)21(18)24/h7-10,14-15,18-23,27-28H,4-6,11-13H2,1-3H3/q+1/t14-,15-,18-,19-,20+,21-,22-,23+,24+,26+/m0/s1. The van der Waals surface area contributed by atoms with Gasteiger partial charge in [-0.25, -0.2) is 0 Å². The van der Waals surface area contributed by atoms with Gasteiger partial charge in [0.2, 0.25) is 0 Å². The van der Waals surface area contributed by atoms with E-state index in [-0.39, 0.29) is 17.7 Å². The van der Waals surface area contributed by atoms with Gasteiger partial charge in [-0.2, -0.15) is 0 Å². The van der Waals surface area contributed by atoms with Crippen LogP contribution >= 0.6 is 0 Å². The van der Waals surface area contributed by atoms with Gasteiger partial charge >= 0.3 is 0 Å². The molecular weight excluding hydrogens is 348 g/mol. The molecule has 2 N–H and O–H groups in total. The Morgan fingerprint density at radius 3 is 2.71 bits per heavy atom. The van der Waals surface area contributed by atoms with Crippen LogP contribution in [0.15, 0.2) is 24.3 Å². The van der Waals surface area contributed by atoms with E-state index in [0.29, 0.717) is 35.9 Å². The number of unbranched alkanes of at least 4 members (excludes halogenated alkanes) is 1. The number of aliphatic hydroxyl groups excluding tert-OH is 2. The molecule has 5 bridgehead atoms. The smallest absolute Gasteiger partial charge is 0.194 e. The zero-order valence-corrected chi connectivity index (χ0v) is 17.5. The SMILES string of the molecule is CCCC[N@@+]12[C@H](O)[C@@H](CC)[C@@H]3C[C@H]1[C@@H]1N(C)c4ccccc4[C@]14C[C@H]2[C@@H]3[C@@H]4O. The van der Waals surface area contributed by atoms with E-state index < -0.39 is 0 Å².